The molecule has 6 rings (SSSR count). The average molecular weight is 422 g/mol. The second-order valence-corrected chi connectivity index (χ2v) is 9.18. The number of imidazole rings is 1. The Morgan fingerprint density at radius 2 is 1.91 bits per heavy atom. The van der Waals surface area contributed by atoms with Gasteiger partial charge in [-0.15, -0.1) is 0 Å². The molecule has 1 amide bonds. The summed E-state index contributed by atoms with van der Waals surface area (Å²) < 4.78 is 0. The minimum atomic E-state index is 0.153. The Kier molecular flexibility index (Phi) is 4.79. The van der Waals surface area contributed by atoms with Gasteiger partial charge in [-0.2, -0.15) is 0 Å². The monoisotopic (exact) mass is 421 g/mol. The quantitative estimate of drug-likeness (QED) is 0.476. The van der Waals surface area contributed by atoms with Gasteiger partial charge < -0.3 is 9.88 Å². The summed E-state index contributed by atoms with van der Waals surface area (Å²) >= 11 is 0. The van der Waals surface area contributed by atoms with Gasteiger partial charge in [0.15, 0.2) is 0 Å². The Bertz CT molecular complexity index is 1280. The zero-order valence-corrected chi connectivity index (χ0v) is 18.1. The molecule has 2 heterocycles. The Morgan fingerprint density at radius 1 is 1.00 bits per heavy atom. The van der Waals surface area contributed by atoms with Crippen LogP contribution in [0.25, 0.3) is 11.0 Å². The predicted octanol–water partition coefficient (Wildman–Crippen LogP) is 5.49. The number of hydrogen-bond donors (Lipinski definition) is 1. The van der Waals surface area contributed by atoms with E-state index in [4.69, 9.17) is 0 Å². The van der Waals surface area contributed by atoms with Gasteiger partial charge in [-0.3, -0.25) is 4.79 Å². The van der Waals surface area contributed by atoms with E-state index in [0.29, 0.717) is 12.0 Å². The summed E-state index contributed by atoms with van der Waals surface area (Å²) in [7, 11) is 0. The van der Waals surface area contributed by atoms with Gasteiger partial charge >= 0.3 is 0 Å². The minimum absolute atomic E-state index is 0.153. The van der Waals surface area contributed by atoms with Crippen molar-refractivity contribution >= 4 is 16.9 Å². The number of aromatic nitrogens is 2. The Morgan fingerprint density at radius 3 is 2.81 bits per heavy atom. The summed E-state index contributed by atoms with van der Waals surface area (Å²) in [6.07, 6.45) is 6.97. The van der Waals surface area contributed by atoms with Crippen LogP contribution in [-0.4, -0.2) is 33.4 Å². The molecular weight excluding hydrogens is 394 g/mol. The van der Waals surface area contributed by atoms with E-state index in [0.717, 1.165) is 48.8 Å². The van der Waals surface area contributed by atoms with Gasteiger partial charge in [0.25, 0.3) is 5.91 Å². The van der Waals surface area contributed by atoms with E-state index in [1.54, 1.807) is 6.33 Å². The molecule has 0 unspecified atom stereocenters. The van der Waals surface area contributed by atoms with Crippen molar-refractivity contribution in [1.29, 1.82) is 0 Å². The van der Waals surface area contributed by atoms with Crippen molar-refractivity contribution in [2.75, 3.05) is 6.54 Å². The van der Waals surface area contributed by atoms with Crippen molar-refractivity contribution in [3.63, 3.8) is 0 Å². The number of piperidine rings is 1. The summed E-state index contributed by atoms with van der Waals surface area (Å²) in [6, 6.07) is 23.8. The molecule has 2 atom stereocenters. The fourth-order valence-electron chi connectivity index (χ4n) is 5.75. The number of rotatable bonds is 3. The molecule has 3 aromatic carbocycles. The highest BCUT2D eigenvalue weighted by atomic mass is 16.2. The lowest BCUT2D eigenvalue weighted by atomic mass is 9.73. The van der Waals surface area contributed by atoms with E-state index in [1.165, 1.54) is 28.7 Å². The normalized spacial score (nSPS) is 20.1. The smallest absolute Gasteiger partial charge is 0.254 e. The van der Waals surface area contributed by atoms with Gasteiger partial charge in [0.05, 0.1) is 17.4 Å². The highest BCUT2D eigenvalue weighted by molar-refractivity contribution is 5.97. The lowest BCUT2D eigenvalue weighted by Gasteiger charge is -2.45. The zero-order chi connectivity index (χ0) is 21.5. The first-order valence-electron chi connectivity index (χ1n) is 11.7. The van der Waals surface area contributed by atoms with Crippen molar-refractivity contribution in [3.8, 4) is 0 Å². The number of fused-ring (bicyclic) bond motifs is 4. The van der Waals surface area contributed by atoms with Crippen molar-refractivity contribution in [1.82, 2.24) is 14.9 Å². The van der Waals surface area contributed by atoms with Crippen molar-refractivity contribution in [2.45, 2.75) is 44.1 Å². The molecule has 1 N–H and O–H groups in total. The van der Waals surface area contributed by atoms with Gasteiger partial charge in [0, 0.05) is 24.1 Å². The molecule has 32 heavy (non-hydrogen) atoms. The fraction of sp³-hybridized carbons (Fsp3) is 0.286. The Labute approximate surface area is 188 Å². The number of aryl methyl sites for hydroxylation is 1. The highest BCUT2D eigenvalue weighted by Crippen LogP contribution is 2.41. The number of hydrogen-bond acceptors (Lipinski definition) is 2. The number of amides is 1. The van der Waals surface area contributed by atoms with Gasteiger partial charge in [0.2, 0.25) is 0 Å². The summed E-state index contributed by atoms with van der Waals surface area (Å²) in [5, 5.41) is 0. The van der Waals surface area contributed by atoms with Crippen molar-refractivity contribution in [3.05, 3.63) is 101 Å². The topological polar surface area (TPSA) is 49.0 Å². The van der Waals surface area contributed by atoms with Gasteiger partial charge in [-0.05, 0) is 72.6 Å². The van der Waals surface area contributed by atoms with E-state index in [1.807, 2.05) is 18.2 Å². The molecule has 160 valence electrons. The molecule has 4 nitrogen and oxygen atoms in total. The second-order valence-electron chi connectivity index (χ2n) is 9.18. The first-order valence-corrected chi connectivity index (χ1v) is 11.7. The molecule has 1 fully saturated rings. The number of benzene rings is 3. The lowest BCUT2D eigenvalue weighted by Crippen LogP contribution is -2.49. The molecular formula is C28H27N3O. The van der Waals surface area contributed by atoms with E-state index in [-0.39, 0.29) is 5.91 Å². The zero-order valence-electron chi connectivity index (χ0n) is 18.1. The first kappa shape index (κ1) is 19.3. The molecule has 0 radical (unpaired) electrons. The van der Waals surface area contributed by atoms with Crippen LogP contribution >= 0.6 is 0 Å². The number of nitrogens with zero attached hydrogens (tertiary/aromatic N) is 2. The molecule has 0 bridgehead atoms. The standard InChI is InChI=1S/C28H27N3O/c32-28(22-9-12-25-26(17-22)30-18-29-25)31-14-4-7-24-23-11-8-20(15-19-5-2-1-3-6-19)16-21(23)10-13-27(24)31/h1-3,5-6,8-9,11-12,16-18,24,27H,4,7,10,13-15H2,(H,29,30)/t24-,27+/m0/s1. The largest absolute Gasteiger partial charge is 0.345 e. The van der Waals surface area contributed by atoms with Crippen LogP contribution < -0.4 is 0 Å². The molecule has 1 aromatic heterocycles. The third kappa shape index (κ3) is 3.40. The summed E-state index contributed by atoms with van der Waals surface area (Å²) in [5.41, 5.74) is 8.24. The van der Waals surface area contributed by atoms with Crippen LogP contribution in [-0.2, 0) is 12.8 Å². The summed E-state index contributed by atoms with van der Waals surface area (Å²) in [4.78, 5) is 23.0. The van der Waals surface area contributed by atoms with Crippen LogP contribution in [0.5, 0.6) is 0 Å². The van der Waals surface area contributed by atoms with E-state index < -0.39 is 0 Å². The number of carbonyl (C=O) groups excluding carboxylic acids is 1. The number of nitrogens with one attached hydrogen (secondary N) is 1. The van der Waals surface area contributed by atoms with Crippen LogP contribution in [0, 0.1) is 0 Å². The molecule has 1 aliphatic heterocycles. The van der Waals surface area contributed by atoms with Crippen molar-refractivity contribution < 1.29 is 4.79 Å². The summed E-state index contributed by atoms with van der Waals surface area (Å²) in [6.45, 7) is 0.850. The number of H-pyrrole nitrogens is 1. The third-order valence-corrected chi connectivity index (χ3v) is 7.27. The maximum atomic E-state index is 13.5. The SMILES string of the molecule is O=C(c1ccc2nc[nH]c2c1)N1CCC[C@H]2c3ccc(Cc4ccccc4)cc3CC[C@H]21. The molecule has 2 aliphatic rings. The Balaban J connectivity index is 1.25. The van der Waals surface area contributed by atoms with E-state index in [2.05, 4.69) is 63.4 Å². The maximum Gasteiger partial charge on any atom is 0.254 e. The van der Waals surface area contributed by atoms with Crippen LogP contribution in [0.1, 0.15) is 57.8 Å². The highest BCUT2D eigenvalue weighted by Gasteiger charge is 2.38. The van der Waals surface area contributed by atoms with Crippen LogP contribution in [0.2, 0.25) is 0 Å². The first-order chi connectivity index (χ1) is 15.8. The maximum absolute atomic E-state index is 13.5. The van der Waals surface area contributed by atoms with Gasteiger partial charge in [0.1, 0.15) is 0 Å². The number of carbonyl (C=O) groups is 1. The molecule has 4 heteroatoms. The van der Waals surface area contributed by atoms with Crippen LogP contribution in [0.4, 0.5) is 0 Å². The Hall–Kier alpha value is -3.40. The van der Waals surface area contributed by atoms with Crippen LogP contribution in [0.3, 0.4) is 0 Å². The van der Waals surface area contributed by atoms with Gasteiger partial charge in [-0.1, -0.05) is 48.5 Å². The second kappa shape index (κ2) is 7.94. The van der Waals surface area contributed by atoms with Crippen LogP contribution in [0.15, 0.2) is 73.1 Å². The lowest BCUT2D eigenvalue weighted by molar-refractivity contribution is 0.0547. The molecule has 0 spiro atoms. The summed E-state index contributed by atoms with van der Waals surface area (Å²) in [5.74, 6) is 0.596. The predicted molar refractivity (Wildman–Crippen MR) is 127 cm³/mol. The van der Waals surface area contributed by atoms with E-state index in [9.17, 15) is 4.79 Å². The fourth-order valence-corrected chi connectivity index (χ4v) is 5.75. The molecule has 4 aromatic rings. The van der Waals surface area contributed by atoms with Crippen molar-refractivity contribution in [2.24, 2.45) is 0 Å². The minimum Gasteiger partial charge on any atom is -0.345 e. The van der Waals surface area contributed by atoms with E-state index >= 15 is 0 Å². The average Bonchev–Trinajstić information content (AvgIpc) is 3.31. The molecule has 0 saturated carbocycles. The third-order valence-electron chi connectivity index (χ3n) is 7.27. The van der Waals surface area contributed by atoms with Gasteiger partial charge in [-0.25, -0.2) is 4.98 Å². The molecule has 1 saturated heterocycles. The molecule has 1 aliphatic carbocycles. The number of aromatic amines is 1. The number of likely N-dealkylation sites (tertiary alicyclic amines) is 1.